The molecule has 7 heteroatoms. The molecule has 2 fully saturated rings. The van der Waals surface area contributed by atoms with E-state index < -0.39 is 0 Å². The van der Waals surface area contributed by atoms with Crippen LogP contribution in [0.4, 0.5) is 5.69 Å². The molecular weight excluding hydrogens is 310 g/mol. The maximum absolute atomic E-state index is 12.7. The standard InChI is InChI=1S/C16H21N5OS/c1-10-9-23-15(18-10)14(11-3-4-11)19-13-5-6-21(16(13)22)12-7-17-20(2)8-12/h7-9,11,13-14,19H,3-6H2,1-2H3/t13-,14+/m0/s1. The van der Waals surface area contributed by atoms with Gasteiger partial charge in [0, 0.05) is 30.9 Å². The van der Waals surface area contributed by atoms with Gasteiger partial charge in [0.25, 0.3) is 0 Å². The third kappa shape index (κ3) is 2.90. The van der Waals surface area contributed by atoms with E-state index in [2.05, 4.69) is 20.8 Å². The molecule has 1 amide bonds. The topological polar surface area (TPSA) is 63.1 Å². The third-order valence-electron chi connectivity index (χ3n) is 4.59. The van der Waals surface area contributed by atoms with Crippen LogP contribution in [-0.2, 0) is 11.8 Å². The summed E-state index contributed by atoms with van der Waals surface area (Å²) in [5.74, 6) is 0.776. The van der Waals surface area contributed by atoms with Crippen LogP contribution in [0.15, 0.2) is 17.8 Å². The van der Waals surface area contributed by atoms with Crippen LogP contribution in [0.2, 0.25) is 0 Å². The zero-order valence-electron chi connectivity index (χ0n) is 13.4. The average Bonchev–Trinajstić information content (AvgIpc) is 2.96. The zero-order chi connectivity index (χ0) is 16.0. The van der Waals surface area contributed by atoms with Gasteiger partial charge in [0.2, 0.25) is 5.91 Å². The molecule has 3 heterocycles. The van der Waals surface area contributed by atoms with E-state index in [1.54, 1.807) is 22.2 Å². The number of hydrogen-bond donors (Lipinski definition) is 1. The molecule has 1 saturated carbocycles. The summed E-state index contributed by atoms with van der Waals surface area (Å²) in [6, 6.07) is 0.0986. The lowest BCUT2D eigenvalue weighted by Gasteiger charge is -2.21. The van der Waals surface area contributed by atoms with E-state index >= 15 is 0 Å². The highest BCUT2D eigenvalue weighted by molar-refractivity contribution is 7.09. The molecule has 0 bridgehead atoms. The lowest BCUT2D eigenvalue weighted by molar-refractivity contribution is -0.119. The molecule has 0 aromatic carbocycles. The van der Waals surface area contributed by atoms with Crippen LogP contribution in [0.3, 0.4) is 0 Å². The van der Waals surface area contributed by atoms with Crippen molar-refractivity contribution in [2.75, 3.05) is 11.4 Å². The Labute approximate surface area is 139 Å². The Balaban J connectivity index is 1.49. The average molecular weight is 331 g/mol. The fraction of sp³-hybridized carbons (Fsp3) is 0.562. The number of carbonyl (C=O) groups excluding carboxylic acids is 1. The third-order valence-corrected chi connectivity index (χ3v) is 5.63. The second-order valence-corrected chi connectivity index (χ2v) is 7.40. The molecule has 1 saturated heterocycles. The summed E-state index contributed by atoms with van der Waals surface area (Å²) < 4.78 is 1.73. The molecule has 2 aromatic heterocycles. The Morgan fingerprint density at radius 1 is 1.39 bits per heavy atom. The highest BCUT2D eigenvalue weighted by atomic mass is 32.1. The van der Waals surface area contributed by atoms with Crippen LogP contribution >= 0.6 is 11.3 Å². The van der Waals surface area contributed by atoms with Crippen molar-refractivity contribution < 1.29 is 4.79 Å². The summed E-state index contributed by atoms with van der Waals surface area (Å²) in [6.45, 7) is 2.77. The number of nitrogens with one attached hydrogen (secondary N) is 1. The molecule has 1 N–H and O–H groups in total. The lowest BCUT2D eigenvalue weighted by atomic mass is 10.1. The normalized spacial score (nSPS) is 22.8. The molecule has 122 valence electrons. The van der Waals surface area contributed by atoms with Crippen molar-refractivity contribution in [2.45, 2.75) is 38.3 Å². The van der Waals surface area contributed by atoms with Crippen LogP contribution in [0.1, 0.15) is 36.0 Å². The van der Waals surface area contributed by atoms with Crippen molar-refractivity contribution in [3.05, 3.63) is 28.5 Å². The van der Waals surface area contributed by atoms with Gasteiger partial charge >= 0.3 is 0 Å². The van der Waals surface area contributed by atoms with Crippen molar-refractivity contribution in [3.63, 3.8) is 0 Å². The molecule has 0 spiro atoms. The van der Waals surface area contributed by atoms with Gasteiger partial charge in [-0.25, -0.2) is 4.98 Å². The smallest absolute Gasteiger partial charge is 0.244 e. The predicted molar refractivity (Wildman–Crippen MR) is 89.4 cm³/mol. The first-order valence-corrected chi connectivity index (χ1v) is 8.98. The molecule has 2 aliphatic rings. The zero-order valence-corrected chi connectivity index (χ0v) is 14.2. The van der Waals surface area contributed by atoms with Gasteiger partial charge in [-0.3, -0.25) is 14.8 Å². The summed E-state index contributed by atoms with van der Waals surface area (Å²) in [4.78, 5) is 19.2. The van der Waals surface area contributed by atoms with E-state index in [-0.39, 0.29) is 18.0 Å². The first-order chi connectivity index (χ1) is 11.1. The van der Waals surface area contributed by atoms with Gasteiger partial charge < -0.3 is 4.90 Å². The Hall–Kier alpha value is -1.73. The van der Waals surface area contributed by atoms with Gasteiger partial charge in [0.05, 0.1) is 24.0 Å². The SMILES string of the molecule is Cc1csc([C@H](N[C@H]2CCN(c3cnn(C)c3)C2=O)C2CC2)n1. The summed E-state index contributed by atoms with van der Waals surface area (Å²) in [5.41, 5.74) is 1.95. The van der Waals surface area contributed by atoms with E-state index in [1.807, 2.05) is 25.1 Å². The summed E-state index contributed by atoms with van der Waals surface area (Å²) in [6.07, 6.45) is 6.93. The summed E-state index contributed by atoms with van der Waals surface area (Å²) >= 11 is 1.70. The van der Waals surface area contributed by atoms with Gasteiger partial charge in [0.1, 0.15) is 5.01 Å². The number of amides is 1. The molecule has 23 heavy (non-hydrogen) atoms. The Morgan fingerprint density at radius 2 is 2.22 bits per heavy atom. The minimum atomic E-state index is -0.120. The van der Waals surface area contributed by atoms with Crippen LogP contribution in [0, 0.1) is 12.8 Å². The van der Waals surface area contributed by atoms with E-state index in [9.17, 15) is 4.79 Å². The number of rotatable bonds is 5. The van der Waals surface area contributed by atoms with E-state index in [0.717, 1.165) is 29.4 Å². The summed E-state index contributed by atoms with van der Waals surface area (Å²) in [5, 5.41) is 11.0. The predicted octanol–water partition coefficient (Wildman–Crippen LogP) is 2.03. The minimum Gasteiger partial charge on any atom is -0.308 e. The molecule has 1 aliphatic carbocycles. The van der Waals surface area contributed by atoms with Gasteiger partial charge in [0.15, 0.2) is 0 Å². The highest BCUT2D eigenvalue weighted by Crippen LogP contribution is 2.42. The number of hydrogen-bond acceptors (Lipinski definition) is 5. The summed E-state index contributed by atoms with van der Waals surface area (Å²) in [7, 11) is 1.87. The van der Waals surface area contributed by atoms with Gasteiger partial charge in [-0.1, -0.05) is 0 Å². The first-order valence-electron chi connectivity index (χ1n) is 8.10. The van der Waals surface area contributed by atoms with Crippen LogP contribution in [0.5, 0.6) is 0 Å². The Bertz CT molecular complexity index is 720. The van der Waals surface area contributed by atoms with E-state index in [4.69, 9.17) is 0 Å². The highest BCUT2D eigenvalue weighted by Gasteiger charge is 2.40. The monoisotopic (exact) mass is 331 g/mol. The Kier molecular flexibility index (Phi) is 3.69. The first kappa shape index (κ1) is 14.8. The second kappa shape index (κ2) is 5.72. The molecule has 1 aliphatic heterocycles. The van der Waals surface area contributed by atoms with E-state index in [0.29, 0.717) is 5.92 Å². The van der Waals surface area contributed by atoms with Crippen molar-refractivity contribution >= 4 is 22.9 Å². The molecule has 6 nitrogen and oxygen atoms in total. The molecule has 0 unspecified atom stereocenters. The number of aryl methyl sites for hydroxylation is 2. The van der Waals surface area contributed by atoms with Crippen molar-refractivity contribution in [1.82, 2.24) is 20.1 Å². The Morgan fingerprint density at radius 3 is 2.83 bits per heavy atom. The fourth-order valence-electron chi connectivity index (χ4n) is 3.21. The van der Waals surface area contributed by atoms with Crippen LogP contribution in [-0.4, -0.2) is 33.3 Å². The van der Waals surface area contributed by atoms with Crippen molar-refractivity contribution in [2.24, 2.45) is 13.0 Å². The number of aromatic nitrogens is 3. The molecular formula is C16H21N5OS. The number of anilines is 1. The van der Waals surface area contributed by atoms with Crippen molar-refractivity contribution in [1.29, 1.82) is 0 Å². The van der Waals surface area contributed by atoms with Crippen LogP contribution < -0.4 is 10.2 Å². The largest absolute Gasteiger partial charge is 0.308 e. The van der Waals surface area contributed by atoms with Gasteiger partial charge in [-0.2, -0.15) is 5.10 Å². The number of thiazole rings is 1. The lowest BCUT2D eigenvalue weighted by Crippen LogP contribution is -2.40. The molecule has 0 radical (unpaired) electrons. The minimum absolute atomic E-state index is 0.120. The quantitative estimate of drug-likeness (QED) is 0.910. The number of nitrogens with zero attached hydrogens (tertiary/aromatic N) is 4. The van der Waals surface area contributed by atoms with Crippen LogP contribution in [0.25, 0.3) is 0 Å². The maximum atomic E-state index is 12.7. The molecule has 4 rings (SSSR count). The number of carbonyl (C=O) groups is 1. The van der Waals surface area contributed by atoms with Gasteiger partial charge in [-0.15, -0.1) is 11.3 Å². The second-order valence-electron chi connectivity index (χ2n) is 6.51. The molecule has 2 atom stereocenters. The van der Waals surface area contributed by atoms with Gasteiger partial charge in [-0.05, 0) is 32.1 Å². The molecule has 2 aromatic rings. The van der Waals surface area contributed by atoms with E-state index in [1.165, 1.54) is 12.8 Å². The fourth-order valence-corrected chi connectivity index (χ4v) is 4.16. The maximum Gasteiger partial charge on any atom is 0.244 e. The van der Waals surface area contributed by atoms with Crippen molar-refractivity contribution in [3.8, 4) is 0 Å².